The summed E-state index contributed by atoms with van der Waals surface area (Å²) in [6, 6.07) is 3.78. The van der Waals surface area contributed by atoms with Crippen molar-refractivity contribution in [3.05, 3.63) is 53.1 Å². The number of primary amides is 1. The third kappa shape index (κ3) is 9.39. The van der Waals surface area contributed by atoms with Gasteiger partial charge in [0.05, 0.1) is 16.8 Å². The number of carbonyl (C=O) groups is 2. The van der Waals surface area contributed by atoms with Crippen LogP contribution in [0, 0.1) is 5.92 Å². The van der Waals surface area contributed by atoms with Crippen LogP contribution in [0.25, 0.3) is 0 Å². The molecule has 0 aromatic carbocycles. The summed E-state index contributed by atoms with van der Waals surface area (Å²) in [6.07, 6.45) is -2.01. The molecule has 13 heteroatoms. The standard InChI is InChI=1S/C30H44F3N5O4Si/c1-28(2,3)42-27(40)38-12-11-24(19(17-38)18-41-43(7,8)29(4,5)6)37-25-14-22(36-16-23(25)26(34)39)13-21-10-9-20(15-35-21)30(31,32)33/h9-10,14-16,19,24H,11-13,17-18H2,1-8H3,(H2,34,39)(H,36,37)/t19-,24-/m1/s1. The number of hydrogen-bond donors (Lipinski definition) is 2. The molecule has 0 radical (unpaired) electrons. The lowest BCUT2D eigenvalue weighted by Gasteiger charge is -2.42. The molecule has 0 bridgehead atoms. The minimum Gasteiger partial charge on any atom is -0.444 e. The van der Waals surface area contributed by atoms with Gasteiger partial charge in [-0.05, 0) is 63.5 Å². The second-order valence-corrected chi connectivity index (χ2v) is 18.4. The number of pyridine rings is 2. The Morgan fingerprint density at radius 2 is 1.72 bits per heavy atom. The molecule has 1 aliphatic rings. The van der Waals surface area contributed by atoms with Crippen molar-refractivity contribution < 1.29 is 31.9 Å². The van der Waals surface area contributed by atoms with Crippen LogP contribution in [0.1, 0.15) is 75.3 Å². The topological polar surface area (TPSA) is 120 Å². The number of nitrogens with zero attached hydrogens (tertiary/aromatic N) is 3. The van der Waals surface area contributed by atoms with E-state index in [1.807, 2.05) is 20.8 Å². The van der Waals surface area contributed by atoms with Gasteiger partial charge in [-0.2, -0.15) is 13.2 Å². The summed E-state index contributed by atoms with van der Waals surface area (Å²) in [7, 11) is -2.12. The van der Waals surface area contributed by atoms with Crippen molar-refractivity contribution in [2.75, 3.05) is 25.0 Å². The van der Waals surface area contributed by atoms with Gasteiger partial charge in [-0.25, -0.2) is 4.79 Å². The fourth-order valence-corrected chi connectivity index (χ4v) is 5.47. The smallest absolute Gasteiger partial charge is 0.417 e. The first-order chi connectivity index (χ1) is 19.7. The van der Waals surface area contributed by atoms with E-state index in [4.69, 9.17) is 14.9 Å². The van der Waals surface area contributed by atoms with Crippen molar-refractivity contribution in [2.45, 2.75) is 90.3 Å². The van der Waals surface area contributed by atoms with Crippen molar-refractivity contribution in [1.82, 2.24) is 14.9 Å². The molecule has 2 atom stereocenters. The second-order valence-electron chi connectivity index (χ2n) is 13.6. The van der Waals surface area contributed by atoms with E-state index in [2.05, 4.69) is 49.1 Å². The lowest BCUT2D eigenvalue weighted by molar-refractivity contribution is -0.137. The number of carbonyl (C=O) groups excluding carboxylic acids is 2. The summed E-state index contributed by atoms with van der Waals surface area (Å²) in [5.74, 6) is -0.807. The van der Waals surface area contributed by atoms with Crippen LogP contribution in [0.15, 0.2) is 30.6 Å². The molecule has 238 valence electrons. The van der Waals surface area contributed by atoms with E-state index in [9.17, 15) is 22.8 Å². The summed E-state index contributed by atoms with van der Waals surface area (Å²) in [5.41, 5.74) is 5.74. The highest BCUT2D eigenvalue weighted by Gasteiger charge is 2.40. The van der Waals surface area contributed by atoms with Gasteiger partial charge >= 0.3 is 12.3 Å². The molecule has 3 heterocycles. The zero-order chi connectivity index (χ0) is 32.4. The predicted molar refractivity (Wildman–Crippen MR) is 161 cm³/mol. The highest BCUT2D eigenvalue weighted by atomic mass is 28.4. The summed E-state index contributed by atoms with van der Waals surface area (Å²) in [5, 5.41) is 3.45. The van der Waals surface area contributed by atoms with Crippen molar-refractivity contribution >= 4 is 26.0 Å². The largest absolute Gasteiger partial charge is 0.444 e. The lowest BCUT2D eigenvalue weighted by atomic mass is 9.92. The van der Waals surface area contributed by atoms with Gasteiger partial charge < -0.3 is 25.1 Å². The molecule has 0 spiro atoms. The van der Waals surface area contributed by atoms with Crippen molar-refractivity contribution in [2.24, 2.45) is 11.7 Å². The Kier molecular flexibility index (Phi) is 10.2. The van der Waals surface area contributed by atoms with E-state index in [0.717, 1.165) is 12.3 Å². The number of nitrogens with one attached hydrogen (secondary N) is 1. The average molecular weight is 624 g/mol. The Bertz CT molecular complexity index is 1290. The Morgan fingerprint density at radius 1 is 1.07 bits per heavy atom. The highest BCUT2D eigenvalue weighted by Crippen LogP contribution is 2.37. The molecule has 2 aromatic heterocycles. The number of amides is 2. The van der Waals surface area contributed by atoms with Crippen LogP contribution in [-0.4, -0.2) is 66.5 Å². The van der Waals surface area contributed by atoms with E-state index in [0.29, 0.717) is 43.2 Å². The van der Waals surface area contributed by atoms with E-state index < -0.39 is 37.7 Å². The number of halogens is 3. The predicted octanol–water partition coefficient (Wildman–Crippen LogP) is 6.24. The molecular weight excluding hydrogens is 579 g/mol. The Balaban J connectivity index is 1.87. The van der Waals surface area contributed by atoms with Gasteiger partial charge in [-0.1, -0.05) is 20.8 Å². The number of aromatic nitrogens is 2. The molecule has 2 amide bonds. The molecule has 0 aliphatic carbocycles. The van der Waals surface area contributed by atoms with Crippen LogP contribution >= 0.6 is 0 Å². The van der Waals surface area contributed by atoms with E-state index in [-0.39, 0.29) is 29.0 Å². The molecule has 0 unspecified atom stereocenters. The van der Waals surface area contributed by atoms with Gasteiger partial charge in [0.25, 0.3) is 5.91 Å². The summed E-state index contributed by atoms with van der Waals surface area (Å²) in [4.78, 5) is 35.2. The number of piperidine rings is 1. The van der Waals surface area contributed by atoms with Crippen molar-refractivity contribution in [3.8, 4) is 0 Å². The molecule has 2 aromatic rings. The van der Waals surface area contributed by atoms with Crippen LogP contribution in [0.5, 0.6) is 0 Å². The fraction of sp³-hybridized carbons (Fsp3) is 0.600. The van der Waals surface area contributed by atoms with Crippen LogP contribution in [0.2, 0.25) is 18.1 Å². The van der Waals surface area contributed by atoms with Crippen LogP contribution < -0.4 is 11.1 Å². The van der Waals surface area contributed by atoms with Gasteiger partial charge in [0.2, 0.25) is 0 Å². The highest BCUT2D eigenvalue weighted by molar-refractivity contribution is 6.74. The summed E-state index contributed by atoms with van der Waals surface area (Å²) in [6.45, 7) is 17.5. The molecule has 3 rings (SSSR count). The number of rotatable bonds is 8. The molecule has 43 heavy (non-hydrogen) atoms. The van der Waals surface area contributed by atoms with E-state index >= 15 is 0 Å². The average Bonchev–Trinajstić information content (AvgIpc) is 2.86. The Labute approximate surface area is 252 Å². The monoisotopic (exact) mass is 623 g/mol. The molecule has 1 fully saturated rings. The number of alkyl halides is 3. The number of ether oxygens (including phenoxy) is 1. The lowest BCUT2D eigenvalue weighted by Crippen LogP contribution is -2.53. The number of hydrogen-bond acceptors (Lipinski definition) is 7. The van der Waals surface area contributed by atoms with Gasteiger partial charge in [-0.15, -0.1) is 0 Å². The third-order valence-corrected chi connectivity index (χ3v) is 12.4. The fourth-order valence-electron chi connectivity index (χ4n) is 4.41. The van der Waals surface area contributed by atoms with E-state index in [1.54, 1.807) is 11.0 Å². The number of anilines is 1. The molecule has 0 saturated carbocycles. The minimum absolute atomic E-state index is 0.0130. The second kappa shape index (κ2) is 12.8. The summed E-state index contributed by atoms with van der Waals surface area (Å²) < 4.78 is 51.1. The summed E-state index contributed by atoms with van der Waals surface area (Å²) >= 11 is 0. The Hall–Kier alpha value is -3.19. The zero-order valence-corrected chi connectivity index (χ0v) is 27.3. The maximum absolute atomic E-state index is 13.0. The Morgan fingerprint density at radius 3 is 2.26 bits per heavy atom. The molecule has 1 saturated heterocycles. The zero-order valence-electron chi connectivity index (χ0n) is 26.3. The van der Waals surface area contributed by atoms with Gasteiger partial charge in [0.1, 0.15) is 5.60 Å². The van der Waals surface area contributed by atoms with Gasteiger partial charge in [-0.3, -0.25) is 14.8 Å². The van der Waals surface area contributed by atoms with Gasteiger partial charge in [0.15, 0.2) is 8.32 Å². The molecule has 1 aliphatic heterocycles. The normalized spacial score (nSPS) is 18.3. The maximum Gasteiger partial charge on any atom is 0.417 e. The molecular formula is C30H44F3N5O4Si. The van der Waals surface area contributed by atoms with Gasteiger partial charge in [0, 0.05) is 61.9 Å². The van der Waals surface area contributed by atoms with E-state index in [1.165, 1.54) is 12.3 Å². The van der Waals surface area contributed by atoms with Crippen molar-refractivity contribution in [3.63, 3.8) is 0 Å². The minimum atomic E-state index is -4.48. The van der Waals surface area contributed by atoms with Crippen LogP contribution in [0.3, 0.4) is 0 Å². The molecule has 9 nitrogen and oxygen atoms in total. The SMILES string of the molecule is CC(C)(C)OC(=O)N1CC[C@@H](Nc2cc(Cc3ccc(C(F)(F)F)cn3)ncc2C(N)=O)[C@@H](CO[Si](C)(C)C(C)(C)C)C1. The first kappa shape index (κ1) is 34.3. The number of likely N-dealkylation sites (tertiary alicyclic amines) is 1. The number of nitrogens with two attached hydrogens (primary N) is 1. The third-order valence-electron chi connectivity index (χ3n) is 7.93. The molecule has 3 N–H and O–H groups in total. The first-order valence-electron chi connectivity index (χ1n) is 14.4. The quantitative estimate of drug-likeness (QED) is 0.334. The van der Waals surface area contributed by atoms with Crippen molar-refractivity contribution in [1.29, 1.82) is 0 Å². The first-order valence-corrected chi connectivity index (χ1v) is 17.3. The van der Waals surface area contributed by atoms with Crippen LogP contribution in [-0.2, 0) is 21.8 Å². The maximum atomic E-state index is 13.0. The van der Waals surface area contributed by atoms with Crippen LogP contribution in [0.4, 0.5) is 23.7 Å².